The van der Waals surface area contributed by atoms with E-state index in [4.69, 9.17) is 32.7 Å². The van der Waals surface area contributed by atoms with Gasteiger partial charge >= 0.3 is 0 Å². The molecule has 0 aliphatic carbocycles. The summed E-state index contributed by atoms with van der Waals surface area (Å²) in [7, 11) is 0. The normalized spacial score (nSPS) is 26.5. The number of carbonyl (C=O) groups is 2. The Bertz CT molecular complexity index is 830. The minimum Gasteiger partial charge on any atom is -0.496 e. The predicted octanol–water partition coefficient (Wildman–Crippen LogP) is 5.05. The highest BCUT2D eigenvalue weighted by Gasteiger charge is 2.48. The molecular formula is C24H36Cl2N2O6. The standard InChI is InChI=1S/C24H36Cl2N2O6/c1-21(2)9-15(10-22(3,4)27(21)31)33-14-17(25)20(30)19(26)18(13-29)34-16-11-23(5,6)28(32)24(7,8)12-16/h13-16H,9-12H2,1-8H3/b17-14-,19-18-. The summed E-state index contributed by atoms with van der Waals surface area (Å²) in [5, 5.41) is 26.4. The lowest BCUT2D eigenvalue weighted by Gasteiger charge is -2.49. The summed E-state index contributed by atoms with van der Waals surface area (Å²) in [4.78, 5) is 24.4. The molecule has 0 amide bonds. The number of piperidine rings is 2. The number of ketones is 1. The molecule has 2 heterocycles. The zero-order valence-electron chi connectivity index (χ0n) is 21.2. The maximum Gasteiger partial charge on any atom is 0.222 e. The lowest BCUT2D eigenvalue weighted by atomic mass is 9.80. The van der Waals surface area contributed by atoms with Crippen LogP contribution >= 0.6 is 23.2 Å². The van der Waals surface area contributed by atoms with E-state index in [-0.39, 0.29) is 16.9 Å². The van der Waals surface area contributed by atoms with Gasteiger partial charge in [-0.05, 0) is 55.4 Å². The van der Waals surface area contributed by atoms with E-state index in [0.29, 0.717) is 32.0 Å². The van der Waals surface area contributed by atoms with Crippen LogP contribution in [0.4, 0.5) is 0 Å². The van der Waals surface area contributed by atoms with E-state index >= 15 is 0 Å². The largest absolute Gasteiger partial charge is 0.496 e. The van der Waals surface area contributed by atoms with Crippen LogP contribution in [-0.2, 0) is 29.5 Å². The molecule has 0 aromatic carbocycles. The van der Waals surface area contributed by atoms with Gasteiger partial charge in [0.25, 0.3) is 0 Å². The number of allylic oxidation sites excluding steroid dienone is 3. The number of aldehydes is 1. The molecule has 2 aliphatic rings. The third-order valence-corrected chi connectivity index (χ3v) is 7.12. The summed E-state index contributed by atoms with van der Waals surface area (Å²) in [6.45, 7) is 14.5. The zero-order valence-corrected chi connectivity index (χ0v) is 22.7. The van der Waals surface area contributed by atoms with Crippen molar-refractivity contribution >= 4 is 35.3 Å². The molecule has 2 aliphatic heterocycles. The zero-order chi connectivity index (χ0) is 26.3. The Morgan fingerprint density at radius 2 is 1.18 bits per heavy atom. The first-order valence-electron chi connectivity index (χ1n) is 11.4. The predicted molar refractivity (Wildman–Crippen MR) is 127 cm³/mol. The summed E-state index contributed by atoms with van der Waals surface area (Å²) < 4.78 is 11.5. The number of carbonyl (C=O) groups excluding carboxylic acids is 2. The highest BCUT2D eigenvalue weighted by Crippen LogP contribution is 2.40. The number of Topliss-reactive ketones (excluding diaryl/α,β-unsaturated/α-hetero) is 1. The molecule has 8 nitrogen and oxygen atoms in total. The van der Waals surface area contributed by atoms with Crippen molar-refractivity contribution in [2.75, 3.05) is 0 Å². The quantitative estimate of drug-likeness (QED) is 0.265. The number of hydroxylamine groups is 4. The first kappa shape index (κ1) is 29.1. The molecule has 2 rings (SSSR count). The van der Waals surface area contributed by atoms with Crippen LogP contribution in [0.2, 0.25) is 0 Å². The molecule has 2 radical (unpaired) electrons. The van der Waals surface area contributed by atoms with Crippen LogP contribution in [0.25, 0.3) is 0 Å². The minimum atomic E-state index is -0.815. The molecule has 0 bridgehead atoms. The van der Waals surface area contributed by atoms with Crippen molar-refractivity contribution in [2.24, 2.45) is 0 Å². The van der Waals surface area contributed by atoms with Crippen molar-refractivity contribution in [2.45, 2.75) is 115 Å². The Morgan fingerprint density at radius 3 is 1.56 bits per heavy atom. The van der Waals surface area contributed by atoms with Crippen LogP contribution < -0.4 is 0 Å². The van der Waals surface area contributed by atoms with Crippen molar-refractivity contribution in [3.05, 3.63) is 22.1 Å². The molecule has 0 aromatic rings. The fourth-order valence-corrected chi connectivity index (χ4v) is 5.65. The maximum absolute atomic E-state index is 12.7. The second-order valence-electron chi connectivity index (χ2n) is 11.7. The molecule has 0 aromatic heterocycles. The Kier molecular flexibility index (Phi) is 8.61. The van der Waals surface area contributed by atoms with Gasteiger partial charge in [0.15, 0.2) is 12.0 Å². The Balaban J connectivity index is 2.14. The first-order valence-corrected chi connectivity index (χ1v) is 12.1. The van der Waals surface area contributed by atoms with Crippen molar-refractivity contribution in [3.63, 3.8) is 0 Å². The molecule has 0 spiro atoms. The second-order valence-corrected chi connectivity index (χ2v) is 12.5. The van der Waals surface area contributed by atoms with Crippen LogP contribution in [0.15, 0.2) is 22.1 Å². The van der Waals surface area contributed by atoms with Crippen molar-refractivity contribution in [1.29, 1.82) is 0 Å². The van der Waals surface area contributed by atoms with E-state index in [0.717, 1.165) is 16.4 Å². The summed E-state index contributed by atoms with van der Waals surface area (Å²) in [6, 6.07) is 0. The molecule has 10 heteroatoms. The minimum absolute atomic E-state index is 0.317. The van der Waals surface area contributed by atoms with E-state index in [2.05, 4.69) is 0 Å². The van der Waals surface area contributed by atoms with Crippen molar-refractivity contribution in [3.8, 4) is 0 Å². The summed E-state index contributed by atoms with van der Waals surface area (Å²) in [5.74, 6) is -1.15. The van der Waals surface area contributed by atoms with Crippen LogP contribution in [-0.4, -0.2) is 56.6 Å². The molecule has 0 N–H and O–H groups in total. The van der Waals surface area contributed by atoms with Gasteiger partial charge < -0.3 is 9.47 Å². The Morgan fingerprint density at radius 1 is 0.794 bits per heavy atom. The molecule has 0 saturated carbocycles. The first-order chi connectivity index (χ1) is 15.3. The molecule has 2 fully saturated rings. The number of nitrogens with zero attached hydrogens (tertiary/aromatic N) is 2. The number of hydrogen-bond acceptors (Lipinski definition) is 6. The molecule has 192 valence electrons. The van der Waals surface area contributed by atoms with Crippen molar-refractivity contribution in [1.82, 2.24) is 10.1 Å². The van der Waals surface area contributed by atoms with Gasteiger partial charge in [0.1, 0.15) is 28.5 Å². The number of ether oxygens (including phenoxy) is 2. The smallest absolute Gasteiger partial charge is 0.222 e. The third kappa shape index (κ3) is 6.33. The van der Waals surface area contributed by atoms with Crippen LogP contribution in [0.1, 0.15) is 81.1 Å². The van der Waals surface area contributed by atoms with Gasteiger partial charge in [-0.2, -0.15) is 0 Å². The molecule has 34 heavy (non-hydrogen) atoms. The molecular weight excluding hydrogens is 483 g/mol. The van der Waals surface area contributed by atoms with Gasteiger partial charge in [-0.15, -0.1) is 20.5 Å². The number of halogens is 2. The van der Waals surface area contributed by atoms with Crippen molar-refractivity contribution < 1.29 is 29.5 Å². The summed E-state index contributed by atoms with van der Waals surface area (Å²) >= 11 is 12.3. The Labute approximate surface area is 212 Å². The Hall–Kier alpha value is -1.16. The number of rotatable bonds is 7. The van der Waals surface area contributed by atoms with E-state index in [9.17, 15) is 20.0 Å². The molecule has 0 unspecified atom stereocenters. The highest BCUT2D eigenvalue weighted by molar-refractivity contribution is 6.55. The average Bonchev–Trinajstić information content (AvgIpc) is 2.70. The SMILES string of the molecule is CC1(C)CC(O/C=C(\Cl)C(=O)/C(Cl)=C(\C=O)OC2CC(C)(C)N([O])C(C)(C)C2)CC(C)(C)N1[O]. The van der Waals surface area contributed by atoms with E-state index in [1.165, 1.54) is 0 Å². The van der Waals surface area contributed by atoms with Crippen LogP contribution in [0.5, 0.6) is 0 Å². The van der Waals surface area contributed by atoms with Gasteiger partial charge in [0.05, 0.1) is 0 Å². The summed E-state index contributed by atoms with van der Waals surface area (Å²) in [5.41, 5.74) is -2.73. The fraction of sp³-hybridized carbons (Fsp3) is 0.750. The number of hydrogen-bond donors (Lipinski definition) is 0. The average molecular weight is 519 g/mol. The molecule has 2 saturated heterocycles. The van der Waals surface area contributed by atoms with Gasteiger partial charge in [0, 0.05) is 47.8 Å². The van der Waals surface area contributed by atoms with E-state index in [1.54, 1.807) is 27.7 Å². The summed E-state index contributed by atoms with van der Waals surface area (Å²) in [6.07, 6.45) is 2.26. The second kappa shape index (κ2) is 10.1. The van der Waals surface area contributed by atoms with Gasteiger partial charge in [-0.3, -0.25) is 9.59 Å². The van der Waals surface area contributed by atoms with Gasteiger partial charge in [0.2, 0.25) is 5.78 Å². The third-order valence-electron chi connectivity index (χ3n) is 6.51. The van der Waals surface area contributed by atoms with Crippen LogP contribution in [0, 0.1) is 0 Å². The monoisotopic (exact) mass is 518 g/mol. The van der Waals surface area contributed by atoms with E-state index in [1.807, 2.05) is 27.7 Å². The topological polar surface area (TPSA) is 98.9 Å². The van der Waals surface area contributed by atoms with Gasteiger partial charge in [-0.1, -0.05) is 23.2 Å². The maximum atomic E-state index is 12.7. The van der Waals surface area contributed by atoms with Crippen LogP contribution in [0.3, 0.4) is 0 Å². The fourth-order valence-electron chi connectivity index (χ4n) is 5.26. The van der Waals surface area contributed by atoms with E-state index < -0.39 is 39.1 Å². The molecule has 0 atom stereocenters. The lowest BCUT2D eigenvalue weighted by molar-refractivity contribution is -0.299. The highest BCUT2D eigenvalue weighted by atomic mass is 35.5. The lowest BCUT2D eigenvalue weighted by Crippen LogP contribution is -2.59. The van der Waals surface area contributed by atoms with Gasteiger partial charge in [-0.25, -0.2) is 0 Å².